The first-order valence-corrected chi connectivity index (χ1v) is 8.05. The van der Waals surface area contributed by atoms with Crippen molar-refractivity contribution in [2.24, 2.45) is 5.14 Å². The zero-order chi connectivity index (χ0) is 16.4. The van der Waals surface area contributed by atoms with Crippen LogP contribution in [-0.4, -0.2) is 33.6 Å². The van der Waals surface area contributed by atoms with Crippen LogP contribution >= 0.6 is 11.6 Å². The number of hydrogen-bond donors (Lipinski definition) is 2. The Morgan fingerprint density at radius 2 is 2.00 bits per heavy atom. The maximum atomic E-state index is 12.3. The Bertz CT molecular complexity index is 656. The normalized spacial score (nSPS) is 12.3. The number of hydrogen-bond acceptors (Lipinski definition) is 4. The minimum atomic E-state index is -3.96. The summed E-state index contributed by atoms with van der Waals surface area (Å²) >= 11 is 5.88. The summed E-state index contributed by atoms with van der Waals surface area (Å²) in [5, 5.41) is 8.02. The van der Waals surface area contributed by atoms with Crippen LogP contribution in [0.15, 0.2) is 17.0 Å². The molecule has 0 aliphatic heterocycles. The molecule has 0 aliphatic rings. The minimum Gasteiger partial charge on any atom is -0.382 e. The van der Waals surface area contributed by atoms with E-state index in [-0.39, 0.29) is 21.0 Å². The van der Waals surface area contributed by atoms with E-state index in [2.05, 4.69) is 5.32 Å². The summed E-state index contributed by atoms with van der Waals surface area (Å²) in [5.74, 6) is -0.443. The molecule has 0 radical (unpaired) electrons. The van der Waals surface area contributed by atoms with Crippen LogP contribution in [-0.2, 0) is 14.8 Å². The highest BCUT2D eigenvalue weighted by atomic mass is 35.5. The lowest BCUT2D eigenvalue weighted by Gasteiger charge is -2.26. The van der Waals surface area contributed by atoms with Gasteiger partial charge in [0, 0.05) is 17.7 Å². The minimum absolute atomic E-state index is 0.124. The van der Waals surface area contributed by atoms with Gasteiger partial charge in [0.15, 0.2) is 0 Å². The molecule has 0 heterocycles. The number of carbonyl (C=O) groups excluding carboxylic acids is 1. The summed E-state index contributed by atoms with van der Waals surface area (Å²) in [6.45, 7) is 5.39. The summed E-state index contributed by atoms with van der Waals surface area (Å²) in [7, 11) is -2.43. The van der Waals surface area contributed by atoms with Crippen LogP contribution in [0.25, 0.3) is 0 Å². The summed E-state index contributed by atoms with van der Waals surface area (Å²) in [6.07, 6.45) is 0. The molecular formula is C13H19ClN2O4S. The molecule has 1 aromatic rings. The van der Waals surface area contributed by atoms with Gasteiger partial charge in [-0.05, 0) is 38.5 Å². The summed E-state index contributed by atoms with van der Waals surface area (Å²) in [4.78, 5) is 12.2. The van der Waals surface area contributed by atoms with Gasteiger partial charge in [-0.15, -0.1) is 0 Å². The molecule has 8 heteroatoms. The number of nitrogens with one attached hydrogen (secondary N) is 1. The van der Waals surface area contributed by atoms with Crippen LogP contribution in [0.4, 0.5) is 0 Å². The number of halogens is 1. The molecule has 21 heavy (non-hydrogen) atoms. The highest BCUT2D eigenvalue weighted by Gasteiger charge is 2.24. The predicted molar refractivity (Wildman–Crippen MR) is 81.0 cm³/mol. The zero-order valence-electron chi connectivity index (χ0n) is 12.4. The van der Waals surface area contributed by atoms with Gasteiger partial charge in [0.05, 0.1) is 17.0 Å². The van der Waals surface area contributed by atoms with Crippen LogP contribution in [0.1, 0.15) is 29.8 Å². The number of nitrogens with two attached hydrogens (primary N) is 1. The lowest BCUT2D eigenvalue weighted by Crippen LogP contribution is -2.47. The van der Waals surface area contributed by atoms with Gasteiger partial charge in [0.25, 0.3) is 5.91 Å². The van der Waals surface area contributed by atoms with E-state index < -0.39 is 21.5 Å². The van der Waals surface area contributed by atoms with Crippen LogP contribution in [0.3, 0.4) is 0 Å². The molecule has 0 saturated carbocycles. The van der Waals surface area contributed by atoms with Crippen molar-refractivity contribution in [2.75, 3.05) is 13.7 Å². The van der Waals surface area contributed by atoms with E-state index in [1.807, 2.05) is 0 Å². The Morgan fingerprint density at radius 1 is 1.43 bits per heavy atom. The Hall–Kier alpha value is -1.15. The van der Waals surface area contributed by atoms with Crippen LogP contribution in [0.5, 0.6) is 0 Å². The number of sulfonamides is 1. The molecule has 0 fully saturated rings. The standard InChI is InChI=1S/C13H19ClN2O4S/c1-8-10(12(17)16-13(2,3)7-20-4)5-9(14)6-11(8)21(15,18)19/h5-6H,7H2,1-4H3,(H,16,17)(H2,15,18,19). The summed E-state index contributed by atoms with van der Waals surface area (Å²) < 4.78 is 28.1. The topological polar surface area (TPSA) is 98.5 Å². The zero-order valence-corrected chi connectivity index (χ0v) is 13.9. The third-order valence-corrected chi connectivity index (χ3v) is 4.09. The monoisotopic (exact) mass is 334 g/mol. The van der Waals surface area contributed by atoms with Crippen LogP contribution in [0, 0.1) is 6.92 Å². The molecule has 0 unspecified atom stereocenters. The van der Waals surface area contributed by atoms with Gasteiger partial charge < -0.3 is 10.1 Å². The molecule has 6 nitrogen and oxygen atoms in total. The number of rotatable bonds is 5. The van der Waals surface area contributed by atoms with E-state index in [0.717, 1.165) is 0 Å². The van der Waals surface area contributed by atoms with E-state index in [1.165, 1.54) is 26.2 Å². The molecule has 0 aliphatic carbocycles. The van der Waals surface area contributed by atoms with Crippen molar-refractivity contribution in [1.29, 1.82) is 0 Å². The fourth-order valence-electron chi connectivity index (χ4n) is 1.96. The number of amides is 1. The van der Waals surface area contributed by atoms with Gasteiger partial charge in [0.2, 0.25) is 10.0 Å². The van der Waals surface area contributed by atoms with Gasteiger partial charge in [0.1, 0.15) is 0 Å². The molecule has 118 valence electrons. The molecule has 0 aromatic heterocycles. The molecular weight excluding hydrogens is 316 g/mol. The number of primary sulfonamides is 1. The second-order valence-corrected chi connectivity index (χ2v) is 7.36. The third kappa shape index (κ3) is 4.67. The van der Waals surface area contributed by atoms with Crippen LogP contribution < -0.4 is 10.5 Å². The summed E-state index contributed by atoms with van der Waals surface area (Å²) in [5.41, 5.74) is -0.189. The fourth-order valence-corrected chi connectivity index (χ4v) is 3.07. The molecule has 0 spiro atoms. The third-order valence-electron chi connectivity index (χ3n) is 2.83. The van der Waals surface area contributed by atoms with Crippen molar-refractivity contribution in [3.05, 3.63) is 28.3 Å². The average Bonchev–Trinajstić information content (AvgIpc) is 2.29. The highest BCUT2D eigenvalue weighted by Crippen LogP contribution is 2.24. The second kappa shape index (κ2) is 6.31. The first-order valence-electron chi connectivity index (χ1n) is 6.12. The van der Waals surface area contributed by atoms with Gasteiger partial charge in [-0.3, -0.25) is 4.79 Å². The number of benzene rings is 1. The Balaban J connectivity index is 3.26. The van der Waals surface area contributed by atoms with Crippen molar-refractivity contribution in [2.45, 2.75) is 31.2 Å². The van der Waals surface area contributed by atoms with Crippen molar-refractivity contribution in [3.8, 4) is 0 Å². The Morgan fingerprint density at radius 3 is 2.48 bits per heavy atom. The van der Waals surface area contributed by atoms with Gasteiger partial charge in [-0.1, -0.05) is 11.6 Å². The lowest BCUT2D eigenvalue weighted by molar-refractivity contribution is 0.0819. The molecule has 1 amide bonds. The maximum Gasteiger partial charge on any atom is 0.252 e. The molecule has 3 N–H and O–H groups in total. The van der Waals surface area contributed by atoms with Crippen LogP contribution in [0.2, 0.25) is 5.02 Å². The Kier molecular flexibility index (Phi) is 5.38. The predicted octanol–water partition coefficient (Wildman–Crippen LogP) is 1.45. The van der Waals surface area contributed by atoms with Gasteiger partial charge >= 0.3 is 0 Å². The molecule has 1 rings (SSSR count). The van der Waals surface area contributed by atoms with Gasteiger partial charge in [-0.25, -0.2) is 13.6 Å². The van der Waals surface area contributed by atoms with E-state index in [0.29, 0.717) is 6.61 Å². The number of ether oxygens (including phenoxy) is 1. The number of methoxy groups -OCH3 is 1. The second-order valence-electron chi connectivity index (χ2n) is 5.39. The number of carbonyl (C=O) groups is 1. The highest BCUT2D eigenvalue weighted by molar-refractivity contribution is 7.89. The smallest absolute Gasteiger partial charge is 0.252 e. The summed E-state index contributed by atoms with van der Waals surface area (Å²) in [6, 6.07) is 2.63. The maximum absolute atomic E-state index is 12.3. The first-order chi connectivity index (χ1) is 9.48. The quantitative estimate of drug-likeness (QED) is 0.851. The van der Waals surface area contributed by atoms with E-state index >= 15 is 0 Å². The molecule has 0 bridgehead atoms. The average molecular weight is 335 g/mol. The molecule has 1 aromatic carbocycles. The van der Waals surface area contributed by atoms with Crippen molar-refractivity contribution in [1.82, 2.24) is 5.32 Å². The molecule has 0 atom stereocenters. The van der Waals surface area contributed by atoms with E-state index in [1.54, 1.807) is 13.8 Å². The van der Waals surface area contributed by atoms with Crippen molar-refractivity contribution in [3.63, 3.8) is 0 Å². The fraction of sp³-hybridized carbons (Fsp3) is 0.462. The lowest BCUT2D eigenvalue weighted by atomic mass is 10.0. The van der Waals surface area contributed by atoms with Crippen molar-refractivity contribution < 1.29 is 17.9 Å². The first kappa shape index (κ1) is 17.9. The van der Waals surface area contributed by atoms with E-state index in [9.17, 15) is 13.2 Å². The molecule has 0 saturated heterocycles. The largest absolute Gasteiger partial charge is 0.382 e. The van der Waals surface area contributed by atoms with E-state index in [4.69, 9.17) is 21.5 Å². The van der Waals surface area contributed by atoms with Crippen molar-refractivity contribution >= 4 is 27.5 Å². The Labute approximate surface area is 129 Å². The van der Waals surface area contributed by atoms with Gasteiger partial charge in [-0.2, -0.15) is 0 Å². The SMILES string of the molecule is COCC(C)(C)NC(=O)c1cc(Cl)cc(S(N)(=O)=O)c1C.